The molecule has 1 aliphatic rings. The number of hydrogen-bond donors (Lipinski definition) is 4. The van der Waals surface area contributed by atoms with Gasteiger partial charge in [-0.3, -0.25) is 0 Å². The van der Waals surface area contributed by atoms with E-state index < -0.39 is 5.75 Å². The minimum Gasteiger partial charge on any atom is -0.504 e. The largest absolute Gasteiger partial charge is 0.504 e. The molecule has 0 amide bonds. The molecule has 1 fully saturated rings. The second-order valence-corrected chi connectivity index (χ2v) is 5.73. The Morgan fingerprint density at radius 2 is 1.80 bits per heavy atom. The molecular weight excluding hydrogens is 256 g/mol. The van der Waals surface area contributed by atoms with Crippen LogP contribution in [0.15, 0.2) is 12.1 Å². The van der Waals surface area contributed by atoms with Crippen LogP contribution in [0, 0.1) is 0 Å². The van der Waals surface area contributed by atoms with Crippen molar-refractivity contribution >= 4 is 0 Å². The quantitative estimate of drug-likeness (QED) is 0.632. The van der Waals surface area contributed by atoms with Crippen molar-refractivity contribution in [3.05, 3.63) is 17.7 Å². The molecule has 112 valence electrons. The Kier molecular flexibility index (Phi) is 4.73. The molecule has 1 aromatic rings. The first-order valence-electron chi connectivity index (χ1n) is 7.19. The van der Waals surface area contributed by atoms with Crippen LogP contribution in [0.3, 0.4) is 0 Å². The van der Waals surface area contributed by atoms with E-state index in [2.05, 4.69) is 24.1 Å². The second-order valence-electron chi connectivity index (χ2n) is 5.73. The summed E-state index contributed by atoms with van der Waals surface area (Å²) in [5, 5.41) is 31.9. The van der Waals surface area contributed by atoms with Crippen molar-refractivity contribution in [3.63, 3.8) is 0 Å². The molecule has 0 bridgehead atoms. The minimum atomic E-state index is -0.445. The van der Waals surface area contributed by atoms with Gasteiger partial charge in [0.25, 0.3) is 0 Å². The maximum absolute atomic E-state index is 9.76. The Labute approximate surface area is 119 Å². The Morgan fingerprint density at radius 1 is 1.15 bits per heavy atom. The third-order valence-electron chi connectivity index (χ3n) is 4.05. The Hall–Kier alpha value is -1.46. The SMILES string of the molecule is CC(C)N1CCC(NCc2ccc(O)c(O)c2O)CC1. The summed E-state index contributed by atoms with van der Waals surface area (Å²) in [5.74, 6) is -0.979. The Balaban J connectivity index is 1.86. The van der Waals surface area contributed by atoms with Gasteiger partial charge in [-0.25, -0.2) is 0 Å². The first-order valence-corrected chi connectivity index (χ1v) is 7.19. The standard InChI is InChI=1S/C15H24N2O3/c1-10(2)17-7-5-12(6-8-17)16-9-11-3-4-13(18)15(20)14(11)19/h3-4,10,12,16,18-20H,5-9H2,1-2H3. The molecule has 0 aromatic heterocycles. The number of piperidine rings is 1. The van der Waals surface area contributed by atoms with Crippen LogP contribution in [0.4, 0.5) is 0 Å². The average Bonchev–Trinajstić information content (AvgIpc) is 2.44. The highest BCUT2D eigenvalue weighted by Crippen LogP contribution is 2.36. The third kappa shape index (κ3) is 3.35. The molecule has 5 heteroatoms. The zero-order chi connectivity index (χ0) is 14.7. The highest BCUT2D eigenvalue weighted by molar-refractivity contribution is 5.53. The minimum absolute atomic E-state index is 0.239. The molecule has 5 nitrogen and oxygen atoms in total. The molecule has 2 rings (SSSR count). The molecule has 0 unspecified atom stereocenters. The van der Waals surface area contributed by atoms with E-state index in [1.165, 1.54) is 6.07 Å². The number of benzene rings is 1. The zero-order valence-electron chi connectivity index (χ0n) is 12.1. The number of hydrogen-bond acceptors (Lipinski definition) is 5. The van der Waals surface area contributed by atoms with Gasteiger partial charge in [0.2, 0.25) is 5.75 Å². The molecule has 1 heterocycles. The summed E-state index contributed by atoms with van der Waals surface area (Å²) >= 11 is 0. The molecule has 1 aromatic carbocycles. The van der Waals surface area contributed by atoms with Crippen LogP contribution in [-0.4, -0.2) is 45.4 Å². The number of rotatable bonds is 4. The van der Waals surface area contributed by atoms with Crippen molar-refractivity contribution in [2.24, 2.45) is 0 Å². The smallest absolute Gasteiger partial charge is 0.200 e. The van der Waals surface area contributed by atoms with Crippen molar-refractivity contribution in [2.75, 3.05) is 13.1 Å². The van der Waals surface area contributed by atoms with Gasteiger partial charge in [-0.15, -0.1) is 0 Å². The summed E-state index contributed by atoms with van der Waals surface area (Å²) < 4.78 is 0. The fourth-order valence-electron chi connectivity index (χ4n) is 2.63. The Bertz CT molecular complexity index is 455. The molecule has 0 spiro atoms. The third-order valence-corrected chi connectivity index (χ3v) is 4.05. The highest BCUT2D eigenvalue weighted by atomic mass is 16.3. The van der Waals surface area contributed by atoms with Gasteiger partial charge in [0.1, 0.15) is 0 Å². The molecule has 4 N–H and O–H groups in total. The average molecular weight is 280 g/mol. The summed E-state index contributed by atoms with van der Waals surface area (Å²) in [6, 6.07) is 4.04. The fraction of sp³-hybridized carbons (Fsp3) is 0.600. The lowest BCUT2D eigenvalue weighted by atomic mass is 10.0. The van der Waals surface area contributed by atoms with Crippen molar-refractivity contribution < 1.29 is 15.3 Å². The van der Waals surface area contributed by atoms with Crippen molar-refractivity contribution in [3.8, 4) is 17.2 Å². The topological polar surface area (TPSA) is 76.0 Å². The van der Waals surface area contributed by atoms with Gasteiger partial charge in [-0.2, -0.15) is 0 Å². The molecule has 20 heavy (non-hydrogen) atoms. The van der Waals surface area contributed by atoms with Crippen LogP contribution in [-0.2, 0) is 6.54 Å². The lowest BCUT2D eigenvalue weighted by Gasteiger charge is -2.35. The molecule has 1 saturated heterocycles. The van der Waals surface area contributed by atoms with E-state index in [4.69, 9.17) is 0 Å². The van der Waals surface area contributed by atoms with Crippen LogP contribution in [0.2, 0.25) is 0 Å². The molecule has 0 saturated carbocycles. The van der Waals surface area contributed by atoms with Crippen molar-refractivity contribution in [1.82, 2.24) is 10.2 Å². The summed E-state index contributed by atoms with van der Waals surface area (Å²) in [6.07, 6.45) is 2.17. The predicted molar refractivity (Wildman–Crippen MR) is 78.0 cm³/mol. The zero-order valence-corrected chi connectivity index (χ0v) is 12.1. The fourth-order valence-corrected chi connectivity index (χ4v) is 2.63. The van der Waals surface area contributed by atoms with Gasteiger partial charge in [-0.05, 0) is 45.8 Å². The number of phenolic OH excluding ortho intramolecular Hbond substituents is 3. The van der Waals surface area contributed by atoms with Gasteiger partial charge < -0.3 is 25.5 Å². The van der Waals surface area contributed by atoms with Gasteiger partial charge in [-0.1, -0.05) is 6.07 Å². The number of aromatic hydroxyl groups is 3. The summed E-state index contributed by atoms with van der Waals surface area (Å²) in [6.45, 7) is 7.09. The van der Waals surface area contributed by atoms with E-state index in [9.17, 15) is 15.3 Å². The first-order chi connectivity index (χ1) is 9.49. The lowest BCUT2D eigenvalue weighted by Crippen LogP contribution is -2.44. The molecule has 0 atom stereocenters. The van der Waals surface area contributed by atoms with Gasteiger partial charge in [0.05, 0.1) is 0 Å². The van der Waals surface area contributed by atoms with E-state index >= 15 is 0 Å². The van der Waals surface area contributed by atoms with Crippen LogP contribution < -0.4 is 5.32 Å². The predicted octanol–water partition coefficient (Wildman–Crippen LogP) is 1.77. The van der Waals surface area contributed by atoms with Gasteiger partial charge in [0.15, 0.2) is 11.5 Å². The summed E-state index contributed by atoms with van der Waals surface area (Å²) in [7, 11) is 0. The Morgan fingerprint density at radius 3 is 2.40 bits per heavy atom. The van der Waals surface area contributed by atoms with E-state index in [0.717, 1.165) is 25.9 Å². The summed E-state index contributed by atoms with van der Waals surface area (Å²) in [5.41, 5.74) is 0.603. The van der Waals surface area contributed by atoms with Crippen molar-refractivity contribution in [1.29, 1.82) is 0 Å². The highest BCUT2D eigenvalue weighted by Gasteiger charge is 2.21. The molecule has 0 aliphatic carbocycles. The lowest BCUT2D eigenvalue weighted by molar-refractivity contribution is 0.160. The second kappa shape index (κ2) is 6.33. The van der Waals surface area contributed by atoms with Crippen LogP contribution >= 0.6 is 0 Å². The number of nitrogens with zero attached hydrogens (tertiary/aromatic N) is 1. The maximum Gasteiger partial charge on any atom is 0.200 e. The number of phenols is 3. The van der Waals surface area contributed by atoms with Crippen LogP contribution in [0.5, 0.6) is 17.2 Å². The van der Waals surface area contributed by atoms with Crippen LogP contribution in [0.1, 0.15) is 32.3 Å². The molecule has 0 radical (unpaired) electrons. The van der Waals surface area contributed by atoms with E-state index in [1.807, 2.05) is 0 Å². The monoisotopic (exact) mass is 280 g/mol. The number of nitrogens with one attached hydrogen (secondary N) is 1. The van der Waals surface area contributed by atoms with E-state index in [-0.39, 0.29) is 11.5 Å². The van der Waals surface area contributed by atoms with Gasteiger partial charge in [0, 0.05) is 24.2 Å². The molecular formula is C15H24N2O3. The maximum atomic E-state index is 9.76. The van der Waals surface area contributed by atoms with E-state index in [1.54, 1.807) is 6.07 Å². The molecule has 1 aliphatic heterocycles. The first kappa shape index (κ1) is 14.9. The summed E-state index contributed by atoms with van der Waals surface area (Å²) in [4.78, 5) is 2.46. The van der Waals surface area contributed by atoms with Crippen LogP contribution in [0.25, 0.3) is 0 Å². The van der Waals surface area contributed by atoms with Gasteiger partial charge >= 0.3 is 0 Å². The van der Waals surface area contributed by atoms with Crippen molar-refractivity contribution in [2.45, 2.75) is 45.3 Å². The normalized spacial score (nSPS) is 17.8. The van der Waals surface area contributed by atoms with E-state index in [0.29, 0.717) is 24.2 Å². The number of likely N-dealkylation sites (tertiary alicyclic amines) is 1.